The van der Waals surface area contributed by atoms with Crippen LogP contribution in [0, 0.1) is 5.41 Å². The molecular weight excluding hydrogens is 536 g/mol. The largest absolute Gasteiger partial charge is 0.340 e. The molecule has 1 unspecified atom stereocenters. The lowest BCUT2D eigenvalue weighted by atomic mass is 9.80. The highest BCUT2D eigenvalue weighted by Crippen LogP contribution is 2.42. The summed E-state index contributed by atoms with van der Waals surface area (Å²) in [6.07, 6.45) is 14.2. The first kappa shape index (κ1) is 33.5. The molecule has 4 rings (SSSR count). The minimum Gasteiger partial charge on any atom is -0.340 e. The Kier molecular flexibility index (Phi) is 12.3. The van der Waals surface area contributed by atoms with E-state index in [1.807, 2.05) is 6.20 Å². The first-order valence-corrected chi connectivity index (χ1v) is 17.1. The van der Waals surface area contributed by atoms with Gasteiger partial charge in [-0.25, -0.2) is 5.43 Å². The molecule has 0 radical (unpaired) electrons. The number of aromatic nitrogens is 2. The second kappa shape index (κ2) is 16.1. The Morgan fingerprint density at radius 2 is 1.75 bits per heavy atom. The maximum atomic E-state index is 4.95. The molecule has 0 aliphatic heterocycles. The van der Waals surface area contributed by atoms with Crippen molar-refractivity contribution in [2.24, 2.45) is 5.41 Å². The second-order valence-electron chi connectivity index (χ2n) is 13.3. The third-order valence-corrected chi connectivity index (χ3v) is 9.22. The number of nitrogens with one attached hydrogen (secondary N) is 2. The van der Waals surface area contributed by atoms with E-state index in [9.17, 15) is 0 Å². The molecule has 0 amide bonds. The zero-order chi connectivity index (χ0) is 31.5. The molecule has 0 saturated carbocycles. The van der Waals surface area contributed by atoms with Crippen LogP contribution in [0.1, 0.15) is 109 Å². The third-order valence-electron chi connectivity index (χ3n) is 9.22. The Bertz CT molecular complexity index is 1490. The van der Waals surface area contributed by atoms with Gasteiger partial charge in [-0.15, -0.1) is 0 Å². The van der Waals surface area contributed by atoms with Crippen LogP contribution in [0.3, 0.4) is 0 Å². The van der Waals surface area contributed by atoms with Crippen LogP contribution in [0.15, 0.2) is 73.6 Å². The van der Waals surface area contributed by atoms with E-state index in [0.717, 1.165) is 32.4 Å². The van der Waals surface area contributed by atoms with Gasteiger partial charge in [0.15, 0.2) is 0 Å². The Morgan fingerprint density at radius 3 is 2.50 bits per heavy atom. The van der Waals surface area contributed by atoms with Gasteiger partial charge in [0.1, 0.15) is 0 Å². The first-order valence-electron chi connectivity index (χ1n) is 17.1. The van der Waals surface area contributed by atoms with Crippen molar-refractivity contribution in [3.05, 3.63) is 90.4 Å². The highest BCUT2D eigenvalue weighted by Gasteiger charge is 2.27. The van der Waals surface area contributed by atoms with Crippen molar-refractivity contribution in [3.8, 4) is 22.4 Å². The second-order valence-corrected chi connectivity index (χ2v) is 13.3. The van der Waals surface area contributed by atoms with E-state index in [-0.39, 0.29) is 5.41 Å². The molecule has 0 saturated heterocycles. The smallest absolute Gasteiger partial charge is 0.0542 e. The van der Waals surface area contributed by atoms with Gasteiger partial charge < -0.3 is 9.99 Å². The van der Waals surface area contributed by atoms with Crippen LogP contribution in [0.5, 0.6) is 0 Å². The molecule has 0 bridgehead atoms. The average molecular weight is 593 g/mol. The molecule has 1 atom stereocenters. The lowest BCUT2D eigenvalue weighted by Crippen LogP contribution is -2.27. The average Bonchev–Trinajstić information content (AvgIpc) is 3.33. The number of pyridine rings is 1. The fraction of sp³-hybridized carbons (Fsp3) is 0.475. The molecule has 2 aromatic carbocycles. The Labute approximate surface area is 267 Å². The molecule has 0 aliphatic carbocycles. The highest BCUT2D eigenvalue weighted by molar-refractivity contribution is 5.95. The predicted octanol–water partition coefficient (Wildman–Crippen LogP) is 10.6. The van der Waals surface area contributed by atoms with Crippen molar-refractivity contribution in [1.82, 2.24) is 20.4 Å². The Balaban J connectivity index is 1.72. The predicted molar refractivity (Wildman–Crippen MR) is 191 cm³/mol. The molecule has 4 heteroatoms. The van der Waals surface area contributed by atoms with Gasteiger partial charge in [0.25, 0.3) is 0 Å². The molecular formula is C40H56N4. The van der Waals surface area contributed by atoms with Crippen molar-refractivity contribution >= 4 is 10.9 Å². The SMILES string of the molecule is C=CNNCCCCCCc1cccc(-c2ccc3c(c2)c(CC(C)(C)CCC)c(-c2cccnc2C(C)CC)n3CC)c1. The highest BCUT2D eigenvalue weighted by atomic mass is 15.3. The number of fused-ring (bicyclic) bond motifs is 1. The maximum absolute atomic E-state index is 4.95. The van der Waals surface area contributed by atoms with E-state index in [1.165, 1.54) is 88.6 Å². The summed E-state index contributed by atoms with van der Waals surface area (Å²) in [5, 5.41) is 1.40. The number of aryl methyl sites for hydroxylation is 2. The van der Waals surface area contributed by atoms with Crippen molar-refractivity contribution in [2.75, 3.05) is 6.54 Å². The summed E-state index contributed by atoms with van der Waals surface area (Å²) in [4.78, 5) is 4.95. The van der Waals surface area contributed by atoms with Crippen LogP contribution in [-0.2, 0) is 19.4 Å². The summed E-state index contributed by atoms with van der Waals surface area (Å²) >= 11 is 0. The lowest BCUT2D eigenvalue weighted by molar-refractivity contribution is 0.330. The van der Waals surface area contributed by atoms with Gasteiger partial charge in [-0.1, -0.05) is 90.8 Å². The normalized spacial score (nSPS) is 12.5. The number of nitrogens with zero attached hydrogens (tertiary/aromatic N) is 2. The zero-order valence-electron chi connectivity index (χ0n) is 28.3. The van der Waals surface area contributed by atoms with Gasteiger partial charge in [-0.2, -0.15) is 0 Å². The van der Waals surface area contributed by atoms with Crippen molar-refractivity contribution in [2.45, 2.75) is 112 Å². The van der Waals surface area contributed by atoms with Gasteiger partial charge in [0.2, 0.25) is 0 Å². The lowest BCUT2D eigenvalue weighted by Gasteiger charge is -2.25. The molecule has 4 nitrogen and oxygen atoms in total. The molecule has 4 aromatic rings. The van der Waals surface area contributed by atoms with E-state index < -0.39 is 0 Å². The number of hydrogen-bond donors (Lipinski definition) is 2. The molecule has 236 valence electrons. The van der Waals surface area contributed by atoms with E-state index >= 15 is 0 Å². The fourth-order valence-corrected chi connectivity index (χ4v) is 6.81. The zero-order valence-corrected chi connectivity index (χ0v) is 28.3. The van der Waals surface area contributed by atoms with Crippen molar-refractivity contribution in [1.29, 1.82) is 0 Å². The van der Waals surface area contributed by atoms with E-state index in [0.29, 0.717) is 5.92 Å². The molecule has 44 heavy (non-hydrogen) atoms. The summed E-state index contributed by atoms with van der Waals surface area (Å²) in [7, 11) is 0. The summed E-state index contributed by atoms with van der Waals surface area (Å²) in [6, 6.07) is 20.8. The number of hydrogen-bond acceptors (Lipinski definition) is 3. The van der Waals surface area contributed by atoms with E-state index in [4.69, 9.17) is 4.98 Å². The monoisotopic (exact) mass is 592 g/mol. The van der Waals surface area contributed by atoms with Crippen LogP contribution >= 0.6 is 0 Å². The number of unbranched alkanes of at least 4 members (excludes halogenated alkanes) is 3. The summed E-state index contributed by atoms with van der Waals surface area (Å²) < 4.78 is 2.55. The third kappa shape index (κ3) is 8.21. The van der Waals surface area contributed by atoms with Gasteiger partial charge in [0.05, 0.1) is 11.4 Å². The molecule has 2 heterocycles. The summed E-state index contributed by atoms with van der Waals surface area (Å²) in [5.41, 5.74) is 17.1. The standard InChI is InChI=1S/C40H56N4/c1-8-24-40(6,7)29-36-35-28-33(32-20-16-19-31(27-32)18-14-12-13-15-26-43-42-10-3)22-23-37(35)44(11-4)39(36)34-21-17-25-41-38(34)30(5)9-2/h10,16-17,19-23,25,27-28,30,42-43H,3,8-9,11-15,18,24,26,29H2,1-2,4-7H3. The van der Waals surface area contributed by atoms with Crippen LogP contribution in [0.2, 0.25) is 0 Å². The van der Waals surface area contributed by atoms with E-state index in [2.05, 4.69) is 118 Å². The topological polar surface area (TPSA) is 41.9 Å². The molecule has 0 aliphatic rings. The van der Waals surface area contributed by atoms with Crippen LogP contribution in [-0.4, -0.2) is 16.1 Å². The minimum atomic E-state index is 0.212. The van der Waals surface area contributed by atoms with Gasteiger partial charge in [-0.3, -0.25) is 4.98 Å². The first-order chi connectivity index (χ1) is 21.3. The Hall–Kier alpha value is -3.37. The number of rotatable bonds is 18. The van der Waals surface area contributed by atoms with Crippen molar-refractivity contribution in [3.63, 3.8) is 0 Å². The van der Waals surface area contributed by atoms with E-state index in [1.54, 1.807) is 6.20 Å². The molecule has 0 spiro atoms. The quantitative estimate of drug-likeness (QED) is 0.0892. The summed E-state index contributed by atoms with van der Waals surface area (Å²) in [5.74, 6) is 0.412. The number of hydrazine groups is 1. The molecule has 2 N–H and O–H groups in total. The molecule has 2 aromatic heterocycles. The van der Waals surface area contributed by atoms with Gasteiger partial charge in [0, 0.05) is 42.0 Å². The summed E-state index contributed by atoms with van der Waals surface area (Å²) in [6.45, 7) is 19.6. The maximum Gasteiger partial charge on any atom is 0.0542 e. The van der Waals surface area contributed by atoms with Crippen molar-refractivity contribution < 1.29 is 0 Å². The van der Waals surface area contributed by atoms with Crippen LogP contribution < -0.4 is 10.9 Å². The Morgan fingerprint density at radius 1 is 0.955 bits per heavy atom. The molecule has 0 fully saturated rings. The van der Waals surface area contributed by atoms with Gasteiger partial charge >= 0.3 is 0 Å². The van der Waals surface area contributed by atoms with Gasteiger partial charge in [-0.05, 0) is 103 Å². The fourth-order valence-electron chi connectivity index (χ4n) is 6.81. The minimum absolute atomic E-state index is 0.212. The number of benzene rings is 2. The van der Waals surface area contributed by atoms with Crippen LogP contribution in [0.25, 0.3) is 33.3 Å². The van der Waals surface area contributed by atoms with Crippen LogP contribution in [0.4, 0.5) is 0 Å².